The van der Waals surface area contributed by atoms with Gasteiger partial charge in [0.25, 0.3) is 0 Å². The number of hydrogen-bond acceptors (Lipinski definition) is 1. The lowest BCUT2D eigenvalue weighted by molar-refractivity contribution is 0.511. The van der Waals surface area contributed by atoms with Crippen LogP contribution in [0.25, 0.3) is 10.9 Å². The van der Waals surface area contributed by atoms with Crippen molar-refractivity contribution >= 4 is 22.5 Å². The van der Waals surface area contributed by atoms with Gasteiger partial charge in [-0.2, -0.15) is 0 Å². The van der Waals surface area contributed by atoms with Crippen LogP contribution in [0, 0.1) is 5.92 Å². The third kappa shape index (κ3) is 1.35. The molecule has 0 radical (unpaired) electrons. The van der Waals surface area contributed by atoms with Crippen molar-refractivity contribution in [3.63, 3.8) is 0 Å². The van der Waals surface area contributed by atoms with Gasteiger partial charge in [0.15, 0.2) is 0 Å². The fraction of sp³-hybridized carbons (Fsp3) is 0.400. The van der Waals surface area contributed by atoms with Crippen LogP contribution in [0.2, 0.25) is 5.15 Å². The van der Waals surface area contributed by atoms with Crippen LogP contribution in [0.3, 0.4) is 0 Å². The summed E-state index contributed by atoms with van der Waals surface area (Å²) in [4.78, 5) is 4.55. The third-order valence-electron chi connectivity index (χ3n) is 4.43. The van der Waals surface area contributed by atoms with Crippen LogP contribution in [0.15, 0.2) is 24.3 Å². The molecule has 4 rings (SSSR count). The van der Waals surface area contributed by atoms with Gasteiger partial charge in [0.1, 0.15) is 5.15 Å². The molecule has 17 heavy (non-hydrogen) atoms. The van der Waals surface area contributed by atoms with Crippen molar-refractivity contribution in [1.29, 1.82) is 0 Å². The highest BCUT2D eigenvalue weighted by Gasteiger charge is 2.35. The summed E-state index contributed by atoms with van der Waals surface area (Å²) >= 11 is 6.37. The number of pyridine rings is 1. The molecule has 0 unspecified atom stereocenters. The van der Waals surface area contributed by atoms with E-state index in [4.69, 9.17) is 11.6 Å². The van der Waals surface area contributed by atoms with E-state index in [1.807, 2.05) is 6.07 Å². The van der Waals surface area contributed by atoms with Crippen molar-refractivity contribution in [1.82, 2.24) is 4.98 Å². The highest BCUT2D eigenvalue weighted by Crippen LogP contribution is 2.49. The van der Waals surface area contributed by atoms with Gasteiger partial charge in [0.2, 0.25) is 0 Å². The first-order chi connectivity index (χ1) is 8.33. The summed E-state index contributed by atoms with van der Waals surface area (Å²) in [5.41, 5.74) is 3.90. The van der Waals surface area contributed by atoms with Gasteiger partial charge in [0.05, 0.1) is 5.52 Å². The van der Waals surface area contributed by atoms with Crippen molar-refractivity contribution < 1.29 is 0 Å². The Labute approximate surface area is 106 Å². The van der Waals surface area contributed by atoms with Crippen molar-refractivity contribution in [2.75, 3.05) is 0 Å². The van der Waals surface area contributed by atoms with E-state index < -0.39 is 0 Å². The van der Waals surface area contributed by atoms with Crippen molar-refractivity contribution in [3.05, 3.63) is 40.5 Å². The minimum absolute atomic E-state index is 0.731. The number of nitrogens with zero attached hydrogens (tertiary/aromatic N) is 1. The Hall–Kier alpha value is -1.08. The summed E-state index contributed by atoms with van der Waals surface area (Å²) in [6, 6.07) is 8.43. The molecular formula is C15H14ClN. The molecule has 1 aromatic heterocycles. The molecule has 86 valence electrons. The van der Waals surface area contributed by atoms with E-state index in [-0.39, 0.29) is 0 Å². The van der Waals surface area contributed by atoms with Gasteiger partial charge in [-0.05, 0) is 54.7 Å². The Morgan fingerprint density at radius 2 is 2.06 bits per heavy atom. The summed E-state index contributed by atoms with van der Waals surface area (Å²) in [5, 5.41) is 2.08. The molecule has 0 saturated heterocycles. The summed E-state index contributed by atoms with van der Waals surface area (Å²) < 4.78 is 0. The van der Waals surface area contributed by atoms with Gasteiger partial charge >= 0.3 is 0 Å². The van der Waals surface area contributed by atoms with Crippen LogP contribution in [0.1, 0.15) is 36.3 Å². The molecule has 1 nitrogen and oxygen atoms in total. The summed E-state index contributed by atoms with van der Waals surface area (Å²) in [7, 11) is 0. The number of benzene rings is 1. The van der Waals surface area contributed by atoms with Crippen LogP contribution >= 0.6 is 11.6 Å². The molecule has 1 fully saturated rings. The predicted octanol–water partition coefficient (Wildman–Crippen LogP) is 4.33. The topological polar surface area (TPSA) is 12.9 Å². The number of aromatic nitrogens is 1. The molecule has 0 amide bonds. The fourth-order valence-corrected chi connectivity index (χ4v) is 3.99. The maximum atomic E-state index is 6.37. The number of rotatable bonds is 0. The average molecular weight is 244 g/mol. The lowest BCUT2D eigenvalue weighted by atomic mass is 9.82. The smallest absolute Gasteiger partial charge is 0.133 e. The monoisotopic (exact) mass is 243 g/mol. The minimum Gasteiger partial charge on any atom is -0.236 e. The molecule has 0 N–H and O–H groups in total. The van der Waals surface area contributed by atoms with Crippen molar-refractivity contribution in [3.8, 4) is 0 Å². The van der Waals surface area contributed by atoms with Crippen molar-refractivity contribution in [2.24, 2.45) is 5.92 Å². The number of halogens is 1. The first-order valence-electron chi connectivity index (χ1n) is 6.40. The summed E-state index contributed by atoms with van der Waals surface area (Å²) in [6.07, 6.45) is 5.20. The molecule has 2 atom stereocenters. The summed E-state index contributed by atoms with van der Waals surface area (Å²) in [6.45, 7) is 0. The van der Waals surface area contributed by atoms with E-state index in [0.717, 1.165) is 28.9 Å². The minimum atomic E-state index is 0.731. The second kappa shape index (κ2) is 3.46. The fourth-order valence-electron chi connectivity index (χ4n) is 3.72. The second-order valence-electron chi connectivity index (χ2n) is 5.39. The lowest BCUT2D eigenvalue weighted by Crippen LogP contribution is -2.12. The zero-order valence-electron chi connectivity index (χ0n) is 9.62. The standard InChI is InChI=1S/C15H14ClN/c16-15-12-8-9-5-6-10(7-9)14(12)11-3-1-2-4-13(11)17-15/h1-4,9-10H,5-8H2/t9-,10-/m0/s1. The maximum absolute atomic E-state index is 6.37. The van der Waals surface area contributed by atoms with Crippen LogP contribution in [0.4, 0.5) is 0 Å². The normalized spacial score (nSPS) is 26.2. The van der Waals surface area contributed by atoms with Gasteiger partial charge in [-0.1, -0.05) is 29.8 Å². The third-order valence-corrected chi connectivity index (χ3v) is 4.74. The Morgan fingerprint density at radius 1 is 1.18 bits per heavy atom. The molecule has 0 aliphatic heterocycles. The van der Waals surface area contributed by atoms with E-state index in [9.17, 15) is 0 Å². The van der Waals surface area contributed by atoms with Gasteiger partial charge < -0.3 is 0 Å². The van der Waals surface area contributed by atoms with Gasteiger partial charge in [-0.15, -0.1) is 0 Å². The predicted molar refractivity (Wildman–Crippen MR) is 70.5 cm³/mol. The molecule has 2 bridgehead atoms. The molecule has 1 saturated carbocycles. The molecule has 0 spiro atoms. The molecule has 2 aromatic rings. The Bertz CT molecular complexity index is 605. The average Bonchev–Trinajstić information content (AvgIpc) is 2.72. The number of fused-ring (bicyclic) bond motifs is 6. The van der Waals surface area contributed by atoms with Crippen LogP contribution in [-0.2, 0) is 6.42 Å². The van der Waals surface area contributed by atoms with E-state index in [0.29, 0.717) is 0 Å². The Balaban J connectivity index is 2.10. The quantitative estimate of drug-likeness (QED) is 0.628. The van der Waals surface area contributed by atoms with E-state index in [2.05, 4.69) is 23.2 Å². The van der Waals surface area contributed by atoms with Crippen LogP contribution in [-0.4, -0.2) is 4.98 Å². The van der Waals surface area contributed by atoms with E-state index in [1.54, 1.807) is 0 Å². The van der Waals surface area contributed by atoms with E-state index >= 15 is 0 Å². The Kier molecular flexibility index (Phi) is 2.01. The first kappa shape index (κ1) is 9.90. The highest BCUT2D eigenvalue weighted by atomic mass is 35.5. The first-order valence-corrected chi connectivity index (χ1v) is 6.77. The van der Waals surface area contributed by atoms with Gasteiger partial charge in [-0.25, -0.2) is 4.98 Å². The highest BCUT2D eigenvalue weighted by molar-refractivity contribution is 6.30. The molecule has 2 aliphatic rings. The molecule has 1 aromatic carbocycles. The summed E-state index contributed by atoms with van der Waals surface area (Å²) in [5.74, 6) is 1.59. The van der Waals surface area contributed by atoms with Crippen LogP contribution in [0.5, 0.6) is 0 Å². The number of hydrogen-bond donors (Lipinski definition) is 0. The van der Waals surface area contributed by atoms with E-state index in [1.165, 1.54) is 35.8 Å². The van der Waals surface area contributed by atoms with Crippen LogP contribution < -0.4 is 0 Å². The molecule has 1 heterocycles. The SMILES string of the molecule is Clc1nc2ccccc2c2c1C[C@H]1CC[C@H]2C1. The molecular weight excluding hydrogens is 230 g/mol. The second-order valence-corrected chi connectivity index (χ2v) is 5.75. The zero-order chi connectivity index (χ0) is 11.4. The number of para-hydroxylation sites is 1. The Morgan fingerprint density at radius 3 is 3.00 bits per heavy atom. The zero-order valence-corrected chi connectivity index (χ0v) is 10.4. The lowest BCUT2D eigenvalue weighted by Gasteiger charge is -2.25. The maximum Gasteiger partial charge on any atom is 0.133 e. The van der Waals surface area contributed by atoms with Crippen molar-refractivity contribution in [2.45, 2.75) is 31.6 Å². The van der Waals surface area contributed by atoms with Gasteiger partial charge in [0, 0.05) is 5.39 Å². The molecule has 2 heteroatoms. The molecule has 2 aliphatic carbocycles. The largest absolute Gasteiger partial charge is 0.236 e. The van der Waals surface area contributed by atoms with Gasteiger partial charge in [-0.3, -0.25) is 0 Å².